The van der Waals surface area contributed by atoms with Gasteiger partial charge in [0.15, 0.2) is 0 Å². The highest BCUT2D eigenvalue weighted by molar-refractivity contribution is 7.92. The molecule has 0 bridgehead atoms. The van der Waals surface area contributed by atoms with Crippen molar-refractivity contribution in [3.05, 3.63) is 90.3 Å². The van der Waals surface area contributed by atoms with Gasteiger partial charge in [-0.25, -0.2) is 22.8 Å². The number of aromatic nitrogens is 2. The van der Waals surface area contributed by atoms with Gasteiger partial charge in [0.25, 0.3) is 0 Å². The molecule has 1 saturated heterocycles. The number of rotatable bonds is 10. The summed E-state index contributed by atoms with van der Waals surface area (Å²) in [5.41, 5.74) is 0.988. The van der Waals surface area contributed by atoms with E-state index < -0.39 is 15.8 Å². The number of benzene rings is 2. The molecule has 0 radical (unpaired) electrons. The van der Waals surface area contributed by atoms with Gasteiger partial charge in [0.2, 0.25) is 15.9 Å². The highest BCUT2D eigenvalue weighted by atomic mass is 32.2. The fraction of sp³-hybridized carbons (Fsp3) is 0.370. The van der Waals surface area contributed by atoms with Crippen molar-refractivity contribution in [2.45, 2.75) is 44.0 Å². The van der Waals surface area contributed by atoms with Gasteiger partial charge in [-0.1, -0.05) is 36.4 Å². The fourth-order valence-corrected chi connectivity index (χ4v) is 6.20. The number of anilines is 1. The smallest absolute Gasteiger partial charge is 0.239 e. The third-order valence-corrected chi connectivity index (χ3v) is 8.24. The zero-order valence-corrected chi connectivity index (χ0v) is 21.6. The Balaban J connectivity index is 1.38. The number of amides is 1. The van der Waals surface area contributed by atoms with Gasteiger partial charge in [0.1, 0.15) is 11.6 Å². The maximum absolute atomic E-state index is 14.0. The first-order valence-electron chi connectivity index (χ1n) is 12.4. The van der Waals surface area contributed by atoms with Crippen LogP contribution >= 0.6 is 0 Å². The van der Waals surface area contributed by atoms with Crippen molar-refractivity contribution in [2.24, 2.45) is 0 Å². The highest BCUT2D eigenvalue weighted by Gasteiger charge is 2.30. The van der Waals surface area contributed by atoms with E-state index in [0.29, 0.717) is 30.2 Å². The summed E-state index contributed by atoms with van der Waals surface area (Å²) < 4.78 is 42.3. The van der Waals surface area contributed by atoms with Crippen molar-refractivity contribution < 1.29 is 17.6 Å². The van der Waals surface area contributed by atoms with E-state index in [1.807, 2.05) is 13.0 Å². The number of hydrogen-bond donors (Lipinski definition) is 1. The predicted octanol–water partition coefficient (Wildman–Crippen LogP) is 3.16. The minimum Gasteiger partial charge on any atom is -0.353 e. The number of halogens is 1. The standard InChI is InChI=1S/C27H32FN5O3S/c1-21(32-15-11-24(12-16-32)31-27(34)18-26-29-13-6-14-30-26)19-33(25-10-5-9-23(28)17-25)37(35,36)20-22-7-3-2-4-8-22/h2-10,13-14,17,21,24H,11-12,15-16,18-20H2,1H3,(H,31,34)/t21-/m0/s1. The van der Waals surface area contributed by atoms with Gasteiger partial charge in [0, 0.05) is 44.1 Å². The fourth-order valence-electron chi connectivity index (χ4n) is 4.56. The molecule has 2 heterocycles. The average molecular weight is 526 g/mol. The molecule has 2 aromatic carbocycles. The molecule has 1 aliphatic heterocycles. The topological polar surface area (TPSA) is 95.5 Å². The molecule has 1 aliphatic rings. The number of likely N-dealkylation sites (tertiary alicyclic amines) is 1. The first-order valence-corrected chi connectivity index (χ1v) is 14.0. The highest BCUT2D eigenvalue weighted by Crippen LogP contribution is 2.24. The molecule has 4 rings (SSSR count). The number of nitrogens with one attached hydrogen (secondary N) is 1. The summed E-state index contributed by atoms with van der Waals surface area (Å²) in [6, 6.07) is 16.3. The summed E-state index contributed by atoms with van der Waals surface area (Å²) in [4.78, 5) is 22.8. The van der Waals surface area contributed by atoms with Crippen molar-refractivity contribution in [3.8, 4) is 0 Å². The Morgan fingerprint density at radius 2 is 1.78 bits per heavy atom. The SMILES string of the molecule is C[C@@H](CN(c1cccc(F)c1)S(=O)(=O)Cc1ccccc1)N1CCC(NC(=O)Cc2ncccn2)CC1. The van der Waals surface area contributed by atoms with Crippen LogP contribution in [0.15, 0.2) is 73.1 Å². The molecule has 8 nitrogen and oxygen atoms in total. The van der Waals surface area contributed by atoms with E-state index in [9.17, 15) is 17.6 Å². The lowest BCUT2D eigenvalue weighted by Crippen LogP contribution is -2.51. The number of hydrogen-bond acceptors (Lipinski definition) is 6. The Kier molecular flexibility index (Phi) is 8.83. The van der Waals surface area contributed by atoms with Crippen molar-refractivity contribution in [3.63, 3.8) is 0 Å². The van der Waals surface area contributed by atoms with Crippen LogP contribution in [0, 0.1) is 5.82 Å². The van der Waals surface area contributed by atoms with E-state index in [1.54, 1.807) is 48.8 Å². The number of piperidine rings is 1. The molecule has 196 valence electrons. The molecule has 1 N–H and O–H groups in total. The summed E-state index contributed by atoms with van der Waals surface area (Å²) in [6.45, 7) is 3.60. The number of carbonyl (C=O) groups excluding carboxylic acids is 1. The van der Waals surface area contributed by atoms with Crippen LogP contribution < -0.4 is 9.62 Å². The summed E-state index contributed by atoms with van der Waals surface area (Å²) in [7, 11) is -3.76. The van der Waals surface area contributed by atoms with Gasteiger partial charge in [-0.15, -0.1) is 0 Å². The zero-order chi connectivity index (χ0) is 26.3. The first-order chi connectivity index (χ1) is 17.8. The second-order valence-electron chi connectivity index (χ2n) is 9.32. The summed E-state index contributed by atoms with van der Waals surface area (Å²) >= 11 is 0. The number of carbonyl (C=O) groups is 1. The van der Waals surface area contributed by atoms with E-state index in [-0.39, 0.29) is 36.7 Å². The maximum atomic E-state index is 14.0. The van der Waals surface area contributed by atoms with E-state index in [2.05, 4.69) is 20.2 Å². The second-order valence-corrected chi connectivity index (χ2v) is 11.2. The van der Waals surface area contributed by atoms with Crippen LogP contribution in [0.5, 0.6) is 0 Å². The molecule has 0 saturated carbocycles. The number of sulfonamides is 1. The van der Waals surface area contributed by atoms with Crippen molar-refractivity contribution in [2.75, 3.05) is 23.9 Å². The third kappa shape index (κ3) is 7.56. The quantitative estimate of drug-likeness (QED) is 0.437. The molecule has 37 heavy (non-hydrogen) atoms. The van der Waals surface area contributed by atoms with Crippen LogP contribution in [0.4, 0.5) is 10.1 Å². The van der Waals surface area contributed by atoms with E-state index in [1.165, 1.54) is 22.5 Å². The zero-order valence-electron chi connectivity index (χ0n) is 20.8. The molecule has 1 atom stereocenters. The average Bonchev–Trinajstić information content (AvgIpc) is 2.88. The lowest BCUT2D eigenvalue weighted by atomic mass is 10.0. The lowest BCUT2D eigenvalue weighted by Gasteiger charge is -2.38. The summed E-state index contributed by atoms with van der Waals surface area (Å²) in [5, 5.41) is 3.06. The largest absolute Gasteiger partial charge is 0.353 e. The molecule has 1 aromatic heterocycles. The van der Waals surface area contributed by atoms with Crippen molar-refractivity contribution in [1.82, 2.24) is 20.2 Å². The molecule has 3 aromatic rings. The normalized spacial score (nSPS) is 15.7. The Labute approximate surface area is 217 Å². The van der Waals surface area contributed by atoms with Gasteiger partial charge >= 0.3 is 0 Å². The minimum atomic E-state index is -3.76. The maximum Gasteiger partial charge on any atom is 0.239 e. The Morgan fingerprint density at radius 1 is 1.08 bits per heavy atom. The van der Waals surface area contributed by atoms with Crippen LogP contribution in [0.3, 0.4) is 0 Å². The van der Waals surface area contributed by atoms with E-state index in [0.717, 1.165) is 12.8 Å². The lowest BCUT2D eigenvalue weighted by molar-refractivity contribution is -0.121. The minimum absolute atomic E-state index is 0.0424. The van der Waals surface area contributed by atoms with Gasteiger partial charge < -0.3 is 5.32 Å². The van der Waals surface area contributed by atoms with Crippen LogP contribution in [0.2, 0.25) is 0 Å². The summed E-state index contributed by atoms with van der Waals surface area (Å²) in [6.07, 6.45) is 4.87. The molecule has 0 aliphatic carbocycles. The van der Waals surface area contributed by atoms with Crippen molar-refractivity contribution in [1.29, 1.82) is 0 Å². The number of nitrogens with zero attached hydrogens (tertiary/aromatic N) is 4. The molecule has 0 unspecified atom stereocenters. The monoisotopic (exact) mass is 525 g/mol. The van der Waals surface area contributed by atoms with Gasteiger partial charge in [-0.05, 0) is 49.6 Å². The molecular weight excluding hydrogens is 493 g/mol. The van der Waals surface area contributed by atoms with Crippen LogP contribution in [0.1, 0.15) is 31.2 Å². The van der Waals surface area contributed by atoms with Gasteiger partial charge in [0.05, 0.1) is 17.9 Å². The Morgan fingerprint density at radius 3 is 2.46 bits per heavy atom. The molecular formula is C27H32FN5O3S. The van der Waals surface area contributed by atoms with E-state index >= 15 is 0 Å². The van der Waals surface area contributed by atoms with Crippen LogP contribution in [-0.4, -0.2) is 60.9 Å². The molecule has 1 amide bonds. The third-order valence-electron chi connectivity index (χ3n) is 6.51. The van der Waals surface area contributed by atoms with Gasteiger partial charge in [-0.3, -0.25) is 14.0 Å². The summed E-state index contributed by atoms with van der Waals surface area (Å²) in [5.74, 6) is -0.277. The second kappa shape index (κ2) is 12.2. The Bertz CT molecular complexity index is 1270. The Hall–Kier alpha value is -3.37. The van der Waals surface area contributed by atoms with Crippen LogP contribution in [0.25, 0.3) is 0 Å². The van der Waals surface area contributed by atoms with Crippen molar-refractivity contribution >= 4 is 21.6 Å². The predicted molar refractivity (Wildman–Crippen MR) is 141 cm³/mol. The van der Waals surface area contributed by atoms with Gasteiger partial charge in [-0.2, -0.15) is 0 Å². The first kappa shape index (κ1) is 26.7. The molecule has 10 heteroatoms. The molecule has 0 spiro atoms. The molecule has 1 fully saturated rings. The van der Waals surface area contributed by atoms with E-state index in [4.69, 9.17) is 0 Å². The van der Waals surface area contributed by atoms with Crippen LogP contribution in [-0.2, 0) is 27.0 Å².